The van der Waals surface area contributed by atoms with Gasteiger partial charge in [-0.2, -0.15) is 0 Å². The summed E-state index contributed by atoms with van der Waals surface area (Å²) in [6.07, 6.45) is 0. The highest BCUT2D eigenvalue weighted by atomic mass is 15.2. The van der Waals surface area contributed by atoms with Gasteiger partial charge in [0.05, 0.1) is 6.04 Å². The van der Waals surface area contributed by atoms with E-state index in [1.165, 1.54) is 11.3 Å². The molecule has 2 rings (SSSR count). The van der Waals surface area contributed by atoms with Gasteiger partial charge in [-0.25, -0.2) is 0 Å². The summed E-state index contributed by atoms with van der Waals surface area (Å²) in [4.78, 5) is 2.36. The molecule has 1 aliphatic rings. The molecule has 0 radical (unpaired) electrons. The molecule has 1 aromatic rings. The summed E-state index contributed by atoms with van der Waals surface area (Å²) >= 11 is 0. The third-order valence-electron chi connectivity index (χ3n) is 2.68. The van der Waals surface area contributed by atoms with Crippen LogP contribution in [0.3, 0.4) is 0 Å². The van der Waals surface area contributed by atoms with E-state index in [1.807, 2.05) is 0 Å². The lowest BCUT2D eigenvalue weighted by Crippen LogP contribution is -2.37. The number of nitrogens with zero attached hydrogens (tertiary/aromatic N) is 1. The molecule has 1 heterocycles. The van der Waals surface area contributed by atoms with Crippen molar-refractivity contribution in [2.45, 2.75) is 19.9 Å². The van der Waals surface area contributed by atoms with Crippen molar-refractivity contribution in [3.05, 3.63) is 29.8 Å². The van der Waals surface area contributed by atoms with Crippen molar-refractivity contribution in [1.82, 2.24) is 0 Å². The van der Waals surface area contributed by atoms with Gasteiger partial charge in [0.1, 0.15) is 0 Å². The summed E-state index contributed by atoms with van der Waals surface area (Å²) in [6, 6.07) is 9.29. The second-order valence-corrected chi connectivity index (χ2v) is 3.86. The van der Waals surface area contributed by atoms with Gasteiger partial charge >= 0.3 is 0 Å². The van der Waals surface area contributed by atoms with Crippen molar-refractivity contribution in [2.24, 2.45) is 5.92 Å². The van der Waals surface area contributed by atoms with E-state index in [0.29, 0.717) is 12.0 Å². The van der Waals surface area contributed by atoms with Crippen LogP contribution in [0, 0.1) is 5.92 Å². The Balaban J connectivity index is 2.37. The first-order chi connectivity index (χ1) is 5.72. The molecule has 0 amide bonds. The molecule has 1 atom stereocenters. The maximum Gasteiger partial charge on any atom is 0.0582 e. The van der Waals surface area contributed by atoms with E-state index in [-0.39, 0.29) is 0 Å². The SMILES string of the molecule is CC(C)C1c2ccccc2N1C. The molecule has 1 aliphatic heterocycles. The summed E-state index contributed by atoms with van der Waals surface area (Å²) in [7, 11) is 2.17. The molecule has 0 fully saturated rings. The number of benzene rings is 1. The van der Waals surface area contributed by atoms with E-state index in [4.69, 9.17) is 0 Å². The lowest BCUT2D eigenvalue weighted by atomic mass is 9.86. The van der Waals surface area contributed by atoms with Crippen molar-refractivity contribution in [3.63, 3.8) is 0 Å². The second kappa shape index (κ2) is 2.51. The fourth-order valence-electron chi connectivity index (χ4n) is 2.16. The Kier molecular flexibility index (Phi) is 1.60. The van der Waals surface area contributed by atoms with Gasteiger partial charge in [0.2, 0.25) is 0 Å². The molecule has 0 aliphatic carbocycles. The number of hydrogen-bond acceptors (Lipinski definition) is 1. The highest BCUT2D eigenvalue weighted by molar-refractivity contribution is 5.65. The van der Waals surface area contributed by atoms with Crippen LogP contribution >= 0.6 is 0 Å². The van der Waals surface area contributed by atoms with Crippen LogP contribution in [0.25, 0.3) is 0 Å². The quantitative estimate of drug-likeness (QED) is 0.612. The van der Waals surface area contributed by atoms with E-state index in [1.54, 1.807) is 0 Å². The number of para-hydroxylation sites is 1. The van der Waals surface area contributed by atoms with Crippen LogP contribution in [0.5, 0.6) is 0 Å². The molecule has 0 saturated heterocycles. The smallest absolute Gasteiger partial charge is 0.0582 e. The molecule has 0 aromatic heterocycles. The zero-order valence-electron chi connectivity index (χ0n) is 7.91. The van der Waals surface area contributed by atoms with E-state index >= 15 is 0 Å². The standard InChI is InChI=1S/C11H15N/c1-8(2)11-9-6-4-5-7-10(9)12(11)3/h4-8,11H,1-3H3. The molecule has 0 saturated carbocycles. The number of fused-ring (bicyclic) bond motifs is 1. The minimum Gasteiger partial charge on any atom is -0.367 e. The van der Waals surface area contributed by atoms with Gasteiger partial charge in [-0.15, -0.1) is 0 Å². The number of anilines is 1. The maximum atomic E-state index is 2.36. The average molecular weight is 161 g/mol. The Morgan fingerprint density at radius 2 is 1.92 bits per heavy atom. The van der Waals surface area contributed by atoms with Gasteiger partial charge in [-0.05, 0) is 17.5 Å². The third kappa shape index (κ3) is 0.857. The predicted molar refractivity (Wildman–Crippen MR) is 52.4 cm³/mol. The molecule has 0 spiro atoms. The largest absolute Gasteiger partial charge is 0.367 e. The molecular weight excluding hydrogens is 146 g/mol. The summed E-state index contributed by atoms with van der Waals surface area (Å²) < 4.78 is 0. The highest BCUT2D eigenvalue weighted by Gasteiger charge is 2.32. The Bertz CT molecular complexity index is 291. The first-order valence-corrected chi connectivity index (χ1v) is 4.53. The Morgan fingerprint density at radius 1 is 1.25 bits per heavy atom. The third-order valence-corrected chi connectivity index (χ3v) is 2.68. The van der Waals surface area contributed by atoms with Gasteiger partial charge in [-0.1, -0.05) is 32.0 Å². The van der Waals surface area contributed by atoms with Gasteiger partial charge in [-0.3, -0.25) is 0 Å². The van der Waals surface area contributed by atoms with Crippen LogP contribution in [0.2, 0.25) is 0 Å². The lowest BCUT2D eigenvalue weighted by Gasteiger charge is -2.44. The number of hydrogen-bond donors (Lipinski definition) is 0. The fraction of sp³-hybridized carbons (Fsp3) is 0.455. The minimum absolute atomic E-state index is 0.640. The van der Waals surface area contributed by atoms with Crippen LogP contribution in [0.4, 0.5) is 5.69 Å². The zero-order chi connectivity index (χ0) is 8.72. The van der Waals surface area contributed by atoms with Crippen molar-refractivity contribution in [1.29, 1.82) is 0 Å². The van der Waals surface area contributed by atoms with Crippen molar-refractivity contribution < 1.29 is 0 Å². The van der Waals surface area contributed by atoms with E-state index in [2.05, 4.69) is 50.1 Å². The first kappa shape index (κ1) is 7.66. The van der Waals surface area contributed by atoms with Crippen LogP contribution in [0.1, 0.15) is 25.5 Å². The van der Waals surface area contributed by atoms with Crippen molar-refractivity contribution in [2.75, 3.05) is 11.9 Å². The van der Waals surface area contributed by atoms with Crippen LogP contribution in [0.15, 0.2) is 24.3 Å². The molecule has 1 unspecified atom stereocenters. The summed E-state index contributed by atoms with van der Waals surface area (Å²) in [6.45, 7) is 4.55. The Labute approximate surface area is 74.0 Å². The van der Waals surface area contributed by atoms with E-state index in [0.717, 1.165) is 0 Å². The summed E-state index contributed by atoms with van der Waals surface area (Å²) in [5.41, 5.74) is 2.91. The summed E-state index contributed by atoms with van der Waals surface area (Å²) in [5, 5.41) is 0. The fourth-order valence-corrected chi connectivity index (χ4v) is 2.16. The minimum atomic E-state index is 0.640. The molecular formula is C11H15N. The molecule has 0 bridgehead atoms. The van der Waals surface area contributed by atoms with Crippen LogP contribution in [-0.4, -0.2) is 7.05 Å². The molecule has 1 heteroatoms. The van der Waals surface area contributed by atoms with Gasteiger partial charge in [0.25, 0.3) is 0 Å². The van der Waals surface area contributed by atoms with Crippen molar-refractivity contribution in [3.8, 4) is 0 Å². The molecule has 0 N–H and O–H groups in total. The second-order valence-electron chi connectivity index (χ2n) is 3.86. The predicted octanol–water partition coefficient (Wildman–Crippen LogP) is 2.83. The average Bonchev–Trinajstić information content (AvgIpc) is 2.03. The van der Waals surface area contributed by atoms with Crippen LogP contribution in [-0.2, 0) is 0 Å². The lowest BCUT2D eigenvalue weighted by molar-refractivity contribution is 0.456. The molecule has 12 heavy (non-hydrogen) atoms. The van der Waals surface area contributed by atoms with Gasteiger partial charge in [0, 0.05) is 12.7 Å². The first-order valence-electron chi connectivity index (χ1n) is 4.53. The normalized spacial score (nSPS) is 20.7. The molecule has 1 aromatic carbocycles. The van der Waals surface area contributed by atoms with Crippen molar-refractivity contribution >= 4 is 5.69 Å². The van der Waals surface area contributed by atoms with E-state index in [9.17, 15) is 0 Å². The molecule has 64 valence electrons. The van der Waals surface area contributed by atoms with E-state index < -0.39 is 0 Å². The van der Waals surface area contributed by atoms with Gasteiger partial charge < -0.3 is 4.90 Å². The topological polar surface area (TPSA) is 3.24 Å². The number of rotatable bonds is 1. The van der Waals surface area contributed by atoms with Crippen LogP contribution < -0.4 is 4.90 Å². The maximum absolute atomic E-state index is 2.36. The zero-order valence-corrected chi connectivity index (χ0v) is 7.91. The molecule has 1 nitrogen and oxygen atoms in total. The highest BCUT2D eigenvalue weighted by Crippen LogP contribution is 2.45. The monoisotopic (exact) mass is 161 g/mol. The Morgan fingerprint density at radius 3 is 2.58 bits per heavy atom. The Hall–Kier alpha value is -0.980. The van der Waals surface area contributed by atoms with Gasteiger partial charge in [0.15, 0.2) is 0 Å². The summed E-state index contributed by atoms with van der Waals surface area (Å²) in [5.74, 6) is 0.713.